The third-order valence-electron chi connectivity index (χ3n) is 11.5. The topological polar surface area (TPSA) is 56.5 Å². The van der Waals surface area contributed by atoms with E-state index in [1.807, 2.05) is 72.0 Å². The van der Waals surface area contributed by atoms with Crippen molar-refractivity contribution in [3.8, 4) is 62.2 Å². The normalized spacial score (nSPS) is 11.7. The van der Waals surface area contributed by atoms with Gasteiger partial charge in [-0.3, -0.25) is 0 Å². The standard InChI is InChI=1S/C54H33N5S/c1-3-15-37(16-4-1)51-56-52(38-17-5-2-6-18-38)58-53(57-51)39-28-26-34(27-29-39)35-30-32-40(33-31-35)59-46-25-12-10-22-44(46)48-47-43-21-9-11-24-45(43)55-49(50(47)60-54(48)59)42-23-13-19-36-14-7-8-20-41(36)42/h1-33H. The van der Waals surface area contributed by atoms with E-state index in [4.69, 9.17) is 19.9 Å². The van der Waals surface area contributed by atoms with Crippen LogP contribution in [0, 0.1) is 0 Å². The predicted octanol–water partition coefficient (Wildman–Crippen LogP) is 14.2. The van der Waals surface area contributed by atoms with Crippen molar-refractivity contribution in [1.29, 1.82) is 0 Å². The van der Waals surface area contributed by atoms with Crippen LogP contribution in [0.5, 0.6) is 0 Å². The Morgan fingerprint density at radius 3 is 1.57 bits per heavy atom. The van der Waals surface area contributed by atoms with E-state index in [1.54, 1.807) is 0 Å². The first-order chi connectivity index (χ1) is 29.7. The number of hydrogen-bond donors (Lipinski definition) is 0. The number of nitrogens with zero attached hydrogens (tertiary/aromatic N) is 5. The molecule has 0 N–H and O–H groups in total. The van der Waals surface area contributed by atoms with Crippen LogP contribution in [0.2, 0.25) is 0 Å². The average Bonchev–Trinajstić information content (AvgIpc) is 3.87. The van der Waals surface area contributed by atoms with Crippen molar-refractivity contribution in [2.45, 2.75) is 0 Å². The van der Waals surface area contributed by atoms with Gasteiger partial charge in [-0.1, -0.05) is 176 Å². The van der Waals surface area contributed by atoms with Crippen LogP contribution in [0.25, 0.3) is 115 Å². The summed E-state index contributed by atoms with van der Waals surface area (Å²) in [5.41, 5.74) is 10.6. The highest BCUT2D eigenvalue weighted by Crippen LogP contribution is 2.48. The molecule has 0 aliphatic rings. The molecule has 280 valence electrons. The SMILES string of the molecule is c1ccc(-c2nc(-c3ccccc3)nc(-c3ccc(-c4ccc(-n5c6ccccc6c6c7c(sc65)c(-c5cccc6ccccc56)nc5ccccc57)cc4)cc3)n2)cc1. The van der Waals surface area contributed by atoms with Gasteiger partial charge in [0.1, 0.15) is 4.83 Å². The van der Waals surface area contributed by atoms with Crippen molar-refractivity contribution in [3.05, 3.63) is 200 Å². The van der Waals surface area contributed by atoms with E-state index in [9.17, 15) is 0 Å². The lowest BCUT2D eigenvalue weighted by atomic mass is 9.99. The molecule has 4 heterocycles. The van der Waals surface area contributed by atoms with E-state index in [0.717, 1.165) is 50.3 Å². The minimum absolute atomic E-state index is 0.642. The van der Waals surface area contributed by atoms with Crippen LogP contribution >= 0.6 is 11.3 Å². The molecule has 5 nitrogen and oxygen atoms in total. The Morgan fingerprint density at radius 2 is 0.883 bits per heavy atom. The third kappa shape index (κ3) is 5.61. The van der Waals surface area contributed by atoms with Gasteiger partial charge in [0, 0.05) is 49.5 Å². The first-order valence-electron chi connectivity index (χ1n) is 20.1. The van der Waals surface area contributed by atoms with Gasteiger partial charge in [-0.25, -0.2) is 19.9 Å². The summed E-state index contributed by atoms with van der Waals surface area (Å²) in [5, 5.41) is 7.37. The molecule has 60 heavy (non-hydrogen) atoms. The van der Waals surface area contributed by atoms with Gasteiger partial charge in [0.2, 0.25) is 0 Å². The second kappa shape index (κ2) is 13.9. The van der Waals surface area contributed by atoms with E-state index in [0.29, 0.717) is 17.5 Å². The van der Waals surface area contributed by atoms with E-state index in [-0.39, 0.29) is 0 Å². The second-order valence-electron chi connectivity index (χ2n) is 15.0. The third-order valence-corrected chi connectivity index (χ3v) is 12.7. The molecule has 6 heteroatoms. The van der Waals surface area contributed by atoms with Crippen LogP contribution in [-0.2, 0) is 0 Å². The number of fused-ring (bicyclic) bond motifs is 8. The minimum atomic E-state index is 0.642. The summed E-state index contributed by atoms with van der Waals surface area (Å²) >= 11 is 1.84. The van der Waals surface area contributed by atoms with Crippen LogP contribution in [0.3, 0.4) is 0 Å². The summed E-state index contributed by atoms with van der Waals surface area (Å²) in [6.07, 6.45) is 0. The van der Waals surface area contributed by atoms with E-state index in [1.165, 1.54) is 47.4 Å². The number of thiophene rings is 1. The summed E-state index contributed by atoms with van der Waals surface area (Å²) in [6.45, 7) is 0. The first-order valence-corrected chi connectivity index (χ1v) is 20.9. The summed E-state index contributed by atoms with van der Waals surface area (Å²) in [7, 11) is 0. The van der Waals surface area contributed by atoms with Crippen LogP contribution in [0.4, 0.5) is 0 Å². The number of benzene rings is 8. The average molecular weight is 784 g/mol. The van der Waals surface area contributed by atoms with Gasteiger partial charge >= 0.3 is 0 Å². The molecule has 4 aromatic heterocycles. The van der Waals surface area contributed by atoms with Crippen LogP contribution in [-0.4, -0.2) is 24.5 Å². The van der Waals surface area contributed by atoms with Crippen molar-refractivity contribution < 1.29 is 0 Å². The predicted molar refractivity (Wildman–Crippen MR) is 250 cm³/mol. The van der Waals surface area contributed by atoms with Crippen LogP contribution in [0.1, 0.15) is 0 Å². The molecule has 0 radical (unpaired) electrons. The lowest BCUT2D eigenvalue weighted by molar-refractivity contribution is 1.07. The molecule has 0 spiro atoms. The van der Waals surface area contributed by atoms with Gasteiger partial charge in [-0.05, 0) is 46.2 Å². The van der Waals surface area contributed by atoms with Crippen LogP contribution in [0.15, 0.2) is 200 Å². The lowest BCUT2D eigenvalue weighted by Gasteiger charge is -2.11. The number of aromatic nitrogens is 5. The van der Waals surface area contributed by atoms with Gasteiger partial charge in [-0.15, -0.1) is 11.3 Å². The van der Waals surface area contributed by atoms with Gasteiger partial charge in [0.25, 0.3) is 0 Å². The highest BCUT2D eigenvalue weighted by molar-refractivity contribution is 7.26. The van der Waals surface area contributed by atoms with Crippen LogP contribution < -0.4 is 0 Å². The molecule has 8 aromatic carbocycles. The number of pyridine rings is 1. The summed E-state index contributed by atoms with van der Waals surface area (Å²) in [4.78, 5) is 21.3. The molecule has 0 aliphatic heterocycles. The smallest absolute Gasteiger partial charge is 0.164 e. The Morgan fingerprint density at radius 1 is 0.367 bits per heavy atom. The van der Waals surface area contributed by atoms with Gasteiger partial charge in [0.05, 0.1) is 21.4 Å². The fourth-order valence-electron chi connectivity index (χ4n) is 8.62. The number of para-hydroxylation sites is 2. The zero-order valence-electron chi connectivity index (χ0n) is 32.2. The van der Waals surface area contributed by atoms with E-state index < -0.39 is 0 Å². The Hall–Kier alpha value is -7.80. The number of rotatable bonds is 6. The molecule has 0 fully saturated rings. The second-order valence-corrected chi connectivity index (χ2v) is 16.0. The van der Waals surface area contributed by atoms with Crippen molar-refractivity contribution >= 4 is 64.2 Å². The molecular weight excluding hydrogens is 751 g/mol. The first kappa shape index (κ1) is 34.3. The highest BCUT2D eigenvalue weighted by Gasteiger charge is 2.23. The fourth-order valence-corrected chi connectivity index (χ4v) is 9.99. The summed E-state index contributed by atoms with van der Waals surface area (Å²) in [6, 6.07) is 70.2. The molecule has 0 bridgehead atoms. The minimum Gasteiger partial charge on any atom is -0.301 e. The Labute approximate surface area is 349 Å². The fraction of sp³-hybridized carbons (Fsp3) is 0. The van der Waals surface area contributed by atoms with Gasteiger partial charge in [-0.2, -0.15) is 0 Å². The maximum Gasteiger partial charge on any atom is 0.164 e. The van der Waals surface area contributed by atoms with Gasteiger partial charge in [0.15, 0.2) is 17.5 Å². The molecule has 12 aromatic rings. The van der Waals surface area contributed by atoms with Crippen molar-refractivity contribution in [2.75, 3.05) is 0 Å². The lowest BCUT2D eigenvalue weighted by Crippen LogP contribution is -2.00. The highest BCUT2D eigenvalue weighted by atomic mass is 32.1. The number of hydrogen-bond acceptors (Lipinski definition) is 5. The molecule has 0 saturated heterocycles. The van der Waals surface area contributed by atoms with Gasteiger partial charge < -0.3 is 4.57 Å². The van der Waals surface area contributed by atoms with Crippen molar-refractivity contribution in [2.24, 2.45) is 0 Å². The molecule has 0 saturated carbocycles. The Bertz CT molecular complexity index is 3510. The molecule has 12 rings (SSSR count). The van der Waals surface area contributed by atoms with Crippen molar-refractivity contribution in [1.82, 2.24) is 24.5 Å². The monoisotopic (exact) mass is 783 g/mol. The zero-order chi connectivity index (χ0) is 39.6. The summed E-state index contributed by atoms with van der Waals surface area (Å²) in [5.74, 6) is 1.94. The maximum absolute atomic E-state index is 5.38. The molecule has 0 aliphatic carbocycles. The van der Waals surface area contributed by atoms with E-state index in [2.05, 4.69) is 144 Å². The maximum atomic E-state index is 5.38. The molecular formula is C54H33N5S. The van der Waals surface area contributed by atoms with E-state index >= 15 is 0 Å². The molecule has 0 amide bonds. The molecule has 0 atom stereocenters. The Kier molecular flexibility index (Phi) is 7.96. The Balaban J connectivity index is 0.965. The summed E-state index contributed by atoms with van der Waals surface area (Å²) < 4.78 is 3.63. The molecule has 0 unspecified atom stereocenters. The largest absolute Gasteiger partial charge is 0.301 e. The zero-order valence-corrected chi connectivity index (χ0v) is 33.0. The van der Waals surface area contributed by atoms with Crippen molar-refractivity contribution in [3.63, 3.8) is 0 Å². The quantitative estimate of drug-likeness (QED) is 0.169.